The van der Waals surface area contributed by atoms with Gasteiger partial charge in [0.2, 0.25) is 0 Å². The number of amidine groups is 1. The molecule has 0 aromatic heterocycles. The minimum absolute atomic E-state index is 0.357. The van der Waals surface area contributed by atoms with Crippen molar-refractivity contribution in [1.82, 2.24) is 0 Å². The largest absolute Gasteiger partial charge is 0.495 e. The molecule has 0 saturated carbocycles. The van der Waals surface area contributed by atoms with E-state index >= 15 is 0 Å². The average Bonchev–Trinajstić information content (AvgIpc) is 2.40. The Morgan fingerprint density at radius 3 is 2.35 bits per heavy atom. The van der Waals surface area contributed by atoms with Gasteiger partial charge in [-0.05, 0) is 12.1 Å². The summed E-state index contributed by atoms with van der Waals surface area (Å²) in [6.45, 7) is 0. The number of hydrogen-bond donors (Lipinski definition) is 2. The van der Waals surface area contributed by atoms with Gasteiger partial charge in [0.15, 0.2) is 0 Å². The fourth-order valence-electron chi connectivity index (χ4n) is 1.56. The van der Waals surface area contributed by atoms with Gasteiger partial charge < -0.3 is 10.1 Å². The van der Waals surface area contributed by atoms with Crippen molar-refractivity contribution in [2.75, 3.05) is 12.4 Å². The first-order chi connectivity index (χ1) is 8.31. The van der Waals surface area contributed by atoms with Crippen LogP contribution in [0.3, 0.4) is 0 Å². The lowest BCUT2D eigenvalue weighted by molar-refractivity contribution is 0.417. The highest BCUT2D eigenvalue weighted by Crippen LogP contribution is 2.23. The quantitative estimate of drug-likeness (QED) is 0.624. The summed E-state index contributed by atoms with van der Waals surface area (Å²) in [5, 5.41) is 11.0. The molecule has 0 bridgehead atoms. The molecule has 0 saturated heterocycles. The van der Waals surface area contributed by atoms with Crippen molar-refractivity contribution < 1.29 is 4.74 Å². The van der Waals surface area contributed by atoms with Crippen LogP contribution in [0.2, 0.25) is 0 Å². The van der Waals surface area contributed by atoms with Gasteiger partial charge in [-0.2, -0.15) is 0 Å². The molecular formula is C14H14N2O. The van der Waals surface area contributed by atoms with E-state index in [1.165, 1.54) is 0 Å². The number of para-hydroxylation sites is 2. The lowest BCUT2D eigenvalue weighted by Crippen LogP contribution is -2.12. The fourth-order valence-corrected chi connectivity index (χ4v) is 1.56. The molecule has 2 aromatic rings. The number of ether oxygens (including phenoxy) is 1. The SMILES string of the molecule is COc1ccccc1NC(=N)c1ccccc1. The van der Waals surface area contributed by atoms with E-state index in [0.717, 1.165) is 17.0 Å². The molecule has 86 valence electrons. The summed E-state index contributed by atoms with van der Waals surface area (Å²) in [6, 6.07) is 17.1. The normalized spacial score (nSPS) is 9.71. The molecular weight excluding hydrogens is 212 g/mol. The summed E-state index contributed by atoms with van der Waals surface area (Å²) < 4.78 is 5.22. The molecule has 2 N–H and O–H groups in total. The van der Waals surface area contributed by atoms with Crippen molar-refractivity contribution in [3.8, 4) is 5.75 Å². The molecule has 0 aliphatic heterocycles. The van der Waals surface area contributed by atoms with E-state index in [1.807, 2.05) is 54.6 Å². The Hall–Kier alpha value is -2.29. The molecule has 0 spiro atoms. The fraction of sp³-hybridized carbons (Fsp3) is 0.0714. The van der Waals surface area contributed by atoms with Crippen LogP contribution in [0.1, 0.15) is 5.56 Å². The van der Waals surface area contributed by atoms with Gasteiger partial charge in [0.25, 0.3) is 0 Å². The Labute approximate surface area is 101 Å². The van der Waals surface area contributed by atoms with Gasteiger partial charge in [-0.3, -0.25) is 5.41 Å². The highest BCUT2D eigenvalue weighted by molar-refractivity contribution is 6.06. The van der Waals surface area contributed by atoms with Crippen LogP contribution in [0.4, 0.5) is 5.69 Å². The predicted molar refractivity (Wildman–Crippen MR) is 69.9 cm³/mol. The van der Waals surface area contributed by atoms with Gasteiger partial charge in [-0.25, -0.2) is 0 Å². The zero-order valence-electron chi connectivity index (χ0n) is 9.60. The van der Waals surface area contributed by atoms with Gasteiger partial charge in [-0.15, -0.1) is 0 Å². The Bertz CT molecular complexity index is 509. The van der Waals surface area contributed by atoms with E-state index in [9.17, 15) is 0 Å². The van der Waals surface area contributed by atoms with E-state index in [4.69, 9.17) is 10.1 Å². The molecule has 3 heteroatoms. The third-order valence-corrected chi connectivity index (χ3v) is 2.43. The third-order valence-electron chi connectivity index (χ3n) is 2.43. The maximum Gasteiger partial charge on any atom is 0.142 e. The molecule has 0 amide bonds. The summed E-state index contributed by atoms with van der Waals surface area (Å²) in [5.41, 5.74) is 1.64. The van der Waals surface area contributed by atoms with Gasteiger partial charge in [0, 0.05) is 5.56 Å². The van der Waals surface area contributed by atoms with Crippen LogP contribution in [0, 0.1) is 5.41 Å². The minimum Gasteiger partial charge on any atom is -0.495 e. The molecule has 0 aliphatic rings. The van der Waals surface area contributed by atoms with E-state index < -0.39 is 0 Å². The van der Waals surface area contributed by atoms with Gasteiger partial charge in [-0.1, -0.05) is 42.5 Å². The topological polar surface area (TPSA) is 45.1 Å². The van der Waals surface area contributed by atoms with Crippen molar-refractivity contribution in [2.45, 2.75) is 0 Å². The van der Waals surface area contributed by atoms with Crippen molar-refractivity contribution >= 4 is 11.5 Å². The van der Waals surface area contributed by atoms with Crippen LogP contribution in [0.25, 0.3) is 0 Å². The average molecular weight is 226 g/mol. The van der Waals surface area contributed by atoms with Crippen LogP contribution in [-0.4, -0.2) is 12.9 Å². The molecule has 0 radical (unpaired) electrons. The Balaban J connectivity index is 2.19. The predicted octanol–water partition coefficient (Wildman–Crippen LogP) is 3.13. The highest BCUT2D eigenvalue weighted by Gasteiger charge is 2.04. The molecule has 0 heterocycles. The third kappa shape index (κ3) is 2.64. The first kappa shape index (κ1) is 11.2. The Kier molecular flexibility index (Phi) is 3.40. The first-order valence-electron chi connectivity index (χ1n) is 5.35. The van der Waals surface area contributed by atoms with E-state index in [1.54, 1.807) is 7.11 Å². The number of hydrogen-bond acceptors (Lipinski definition) is 2. The van der Waals surface area contributed by atoms with Crippen LogP contribution in [-0.2, 0) is 0 Å². The van der Waals surface area contributed by atoms with E-state index in [-0.39, 0.29) is 0 Å². The number of methoxy groups -OCH3 is 1. The number of anilines is 1. The zero-order chi connectivity index (χ0) is 12.1. The molecule has 0 aliphatic carbocycles. The number of nitrogens with one attached hydrogen (secondary N) is 2. The molecule has 0 fully saturated rings. The Morgan fingerprint density at radius 1 is 1.00 bits per heavy atom. The first-order valence-corrected chi connectivity index (χ1v) is 5.35. The standard InChI is InChI=1S/C14H14N2O/c1-17-13-10-6-5-9-12(13)16-14(15)11-7-3-2-4-8-11/h2-10H,1H3,(H2,15,16). The summed E-state index contributed by atoms with van der Waals surface area (Å²) in [5.74, 6) is 1.09. The summed E-state index contributed by atoms with van der Waals surface area (Å²) >= 11 is 0. The maximum atomic E-state index is 7.97. The maximum absolute atomic E-state index is 7.97. The monoisotopic (exact) mass is 226 g/mol. The summed E-state index contributed by atoms with van der Waals surface area (Å²) in [7, 11) is 1.62. The van der Waals surface area contributed by atoms with Crippen molar-refractivity contribution in [3.05, 3.63) is 60.2 Å². The molecule has 3 nitrogen and oxygen atoms in total. The van der Waals surface area contributed by atoms with Gasteiger partial charge in [0.1, 0.15) is 11.6 Å². The number of rotatable bonds is 3. The van der Waals surface area contributed by atoms with Crippen LogP contribution < -0.4 is 10.1 Å². The van der Waals surface area contributed by atoms with Crippen molar-refractivity contribution in [3.63, 3.8) is 0 Å². The molecule has 0 unspecified atom stereocenters. The molecule has 0 atom stereocenters. The highest BCUT2D eigenvalue weighted by atomic mass is 16.5. The second-order valence-electron chi connectivity index (χ2n) is 3.57. The smallest absolute Gasteiger partial charge is 0.142 e. The summed E-state index contributed by atoms with van der Waals surface area (Å²) in [4.78, 5) is 0. The van der Waals surface area contributed by atoms with Crippen LogP contribution >= 0.6 is 0 Å². The molecule has 2 rings (SSSR count). The van der Waals surface area contributed by atoms with E-state index in [2.05, 4.69) is 5.32 Å². The van der Waals surface area contributed by atoms with Crippen LogP contribution in [0.5, 0.6) is 5.75 Å². The molecule has 2 aromatic carbocycles. The lowest BCUT2D eigenvalue weighted by Gasteiger charge is -2.11. The van der Waals surface area contributed by atoms with Crippen molar-refractivity contribution in [1.29, 1.82) is 5.41 Å². The lowest BCUT2D eigenvalue weighted by atomic mass is 10.2. The van der Waals surface area contributed by atoms with Crippen molar-refractivity contribution in [2.24, 2.45) is 0 Å². The second kappa shape index (κ2) is 5.16. The zero-order valence-corrected chi connectivity index (χ0v) is 9.60. The number of benzene rings is 2. The summed E-state index contributed by atoms with van der Waals surface area (Å²) in [6.07, 6.45) is 0. The minimum atomic E-state index is 0.357. The Morgan fingerprint density at radius 2 is 1.65 bits per heavy atom. The molecule has 17 heavy (non-hydrogen) atoms. The van der Waals surface area contributed by atoms with Gasteiger partial charge in [0.05, 0.1) is 12.8 Å². The van der Waals surface area contributed by atoms with Gasteiger partial charge >= 0.3 is 0 Å². The second-order valence-corrected chi connectivity index (χ2v) is 3.57. The van der Waals surface area contributed by atoms with E-state index in [0.29, 0.717) is 5.84 Å². The van der Waals surface area contributed by atoms with Crippen LogP contribution in [0.15, 0.2) is 54.6 Å².